The minimum Gasteiger partial charge on any atom is -0.232 e. The second kappa shape index (κ2) is 4.24. The van der Waals surface area contributed by atoms with E-state index in [0.29, 0.717) is 11.1 Å². The van der Waals surface area contributed by atoms with Gasteiger partial charge in [0, 0.05) is 5.56 Å². The van der Waals surface area contributed by atoms with E-state index >= 15 is 0 Å². The summed E-state index contributed by atoms with van der Waals surface area (Å²) in [5.74, 6) is -0.338. The fourth-order valence-electron chi connectivity index (χ4n) is 1.50. The van der Waals surface area contributed by atoms with Gasteiger partial charge in [-0.25, -0.2) is 9.50 Å². The Labute approximate surface area is 87.8 Å². The molecule has 0 N–H and O–H groups in total. The third kappa shape index (κ3) is 2.05. The maximum Gasteiger partial charge on any atom is 0.131 e. The van der Waals surface area contributed by atoms with Crippen molar-refractivity contribution >= 4 is 0 Å². The molecule has 0 aliphatic carbocycles. The van der Waals surface area contributed by atoms with Crippen LogP contribution < -0.4 is 0 Å². The van der Waals surface area contributed by atoms with Crippen LogP contribution in [0.3, 0.4) is 0 Å². The van der Waals surface area contributed by atoms with Crippen molar-refractivity contribution in [1.29, 1.82) is 0 Å². The SMILES string of the molecule is [O]Cc1ccc(-c2ccccc2)c(F)c1. The first-order chi connectivity index (χ1) is 7.31. The minimum atomic E-state index is -0.383. The van der Waals surface area contributed by atoms with Gasteiger partial charge in [-0.3, -0.25) is 0 Å². The first kappa shape index (κ1) is 9.87. The molecule has 15 heavy (non-hydrogen) atoms. The fourth-order valence-corrected chi connectivity index (χ4v) is 1.50. The molecule has 0 bridgehead atoms. The van der Waals surface area contributed by atoms with Gasteiger partial charge in [0.2, 0.25) is 0 Å². The molecule has 0 saturated heterocycles. The minimum absolute atomic E-state index is 0.338. The van der Waals surface area contributed by atoms with Gasteiger partial charge in [-0.05, 0) is 17.2 Å². The summed E-state index contributed by atoms with van der Waals surface area (Å²) in [4.78, 5) is 0. The highest BCUT2D eigenvalue weighted by Crippen LogP contribution is 2.23. The van der Waals surface area contributed by atoms with Crippen molar-refractivity contribution in [3.63, 3.8) is 0 Å². The molecule has 2 rings (SSSR count). The smallest absolute Gasteiger partial charge is 0.131 e. The van der Waals surface area contributed by atoms with Crippen LogP contribution >= 0.6 is 0 Å². The molecule has 75 valence electrons. The van der Waals surface area contributed by atoms with E-state index in [-0.39, 0.29) is 12.4 Å². The molecule has 0 atom stereocenters. The summed E-state index contributed by atoms with van der Waals surface area (Å²) in [6, 6.07) is 13.9. The van der Waals surface area contributed by atoms with Gasteiger partial charge in [-0.15, -0.1) is 0 Å². The van der Waals surface area contributed by atoms with Crippen LogP contribution in [0.1, 0.15) is 5.56 Å². The summed E-state index contributed by atoms with van der Waals surface area (Å²) in [6.45, 7) is -0.383. The Morgan fingerprint density at radius 2 is 1.73 bits per heavy atom. The molecule has 1 radical (unpaired) electrons. The van der Waals surface area contributed by atoms with Gasteiger partial charge in [-0.2, -0.15) is 0 Å². The van der Waals surface area contributed by atoms with E-state index in [1.165, 1.54) is 6.07 Å². The van der Waals surface area contributed by atoms with E-state index in [2.05, 4.69) is 0 Å². The summed E-state index contributed by atoms with van der Waals surface area (Å²) in [5, 5.41) is 10.6. The third-order valence-electron chi connectivity index (χ3n) is 2.28. The molecule has 0 aliphatic heterocycles. The average Bonchev–Trinajstić information content (AvgIpc) is 2.30. The van der Waals surface area contributed by atoms with Gasteiger partial charge in [-0.1, -0.05) is 42.5 Å². The lowest BCUT2D eigenvalue weighted by molar-refractivity contribution is 0.177. The third-order valence-corrected chi connectivity index (χ3v) is 2.28. The molecule has 0 unspecified atom stereocenters. The highest BCUT2D eigenvalue weighted by atomic mass is 19.1. The highest BCUT2D eigenvalue weighted by molar-refractivity contribution is 5.64. The van der Waals surface area contributed by atoms with Gasteiger partial charge in [0.15, 0.2) is 0 Å². The van der Waals surface area contributed by atoms with Crippen LogP contribution in [0.2, 0.25) is 0 Å². The van der Waals surface area contributed by atoms with Crippen molar-refractivity contribution in [2.24, 2.45) is 0 Å². The van der Waals surface area contributed by atoms with Crippen molar-refractivity contribution in [2.45, 2.75) is 6.61 Å². The van der Waals surface area contributed by atoms with E-state index in [4.69, 9.17) is 0 Å². The summed E-state index contributed by atoms with van der Waals surface area (Å²) in [6.07, 6.45) is 0. The normalized spacial score (nSPS) is 10.3. The van der Waals surface area contributed by atoms with Gasteiger partial charge >= 0.3 is 0 Å². The zero-order valence-corrected chi connectivity index (χ0v) is 8.11. The van der Waals surface area contributed by atoms with Crippen molar-refractivity contribution < 1.29 is 9.50 Å². The van der Waals surface area contributed by atoms with Crippen LogP contribution in [0.5, 0.6) is 0 Å². The molecular weight excluding hydrogens is 191 g/mol. The Hall–Kier alpha value is -1.67. The molecule has 2 heteroatoms. The molecule has 2 aromatic rings. The standard InChI is InChI=1S/C13H10FO/c14-13-8-10(9-15)6-7-12(13)11-4-2-1-3-5-11/h1-8H,9H2. The lowest BCUT2D eigenvalue weighted by Gasteiger charge is -2.04. The predicted octanol–water partition coefficient (Wildman–Crippen LogP) is 3.42. The summed E-state index contributed by atoms with van der Waals surface area (Å²) in [7, 11) is 0. The van der Waals surface area contributed by atoms with Crippen LogP contribution in [-0.2, 0) is 11.7 Å². The molecular formula is C13H10FO. The molecule has 0 spiro atoms. The fraction of sp³-hybridized carbons (Fsp3) is 0.0769. The lowest BCUT2D eigenvalue weighted by atomic mass is 10.0. The molecule has 2 aromatic carbocycles. The summed E-state index contributed by atoms with van der Waals surface area (Å²) < 4.78 is 13.6. The van der Waals surface area contributed by atoms with E-state index in [9.17, 15) is 9.50 Å². The maximum absolute atomic E-state index is 13.6. The van der Waals surface area contributed by atoms with Crippen LogP contribution in [0.15, 0.2) is 48.5 Å². The first-order valence-corrected chi connectivity index (χ1v) is 4.73. The van der Waals surface area contributed by atoms with E-state index < -0.39 is 0 Å². The van der Waals surface area contributed by atoms with Gasteiger partial charge in [0.05, 0.1) is 0 Å². The molecule has 0 fully saturated rings. The van der Waals surface area contributed by atoms with Crippen LogP contribution in [-0.4, -0.2) is 0 Å². The number of hydrogen-bond donors (Lipinski definition) is 0. The zero-order valence-electron chi connectivity index (χ0n) is 8.11. The average molecular weight is 201 g/mol. The Balaban J connectivity index is 2.46. The van der Waals surface area contributed by atoms with E-state index in [1.54, 1.807) is 12.1 Å². The summed E-state index contributed by atoms with van der Waals surface area (Å²) in [5.41, 5.74) is 1.84. The second-order valence-electron chi connectivity index (χ2n) is 3.32. The van der Waals surface area contributed by atoms with Crippen LogP contribution in [0, 0.1) is 5.82 Å². The summed E-state index contributed by atoms with van der Waals surface area (Å²) >= 11 is 0. The first-order valence-electron chi connectivity index (χ1n) is 4.73. The van der Waals surface area contributed by atoms with Gasteiger partial charge in [0.25, 0.3) is 0 Å². The highest BCUT2D eigenvalue weighted by Gasteiger charge is 2.05. The monoisotopic (exact) mass is 201 g/mol. The Kier molecular flexibility index (Phi) is 2.79. The van der Waals surface area contributed by atoms with Crippen LogP contribution in [0.25, 0.3) is 11.1 Å². The molecule has 1 nitrogen and oxygen atoms in total. The largest absolute Gasteiger partial charge is 0.232 e. The molecule has 0 heterocycles. The quantitative estimate of drug-likeness (QED) is 0.709. The van der Waals surface area contributed by atoms with Gasteiger partial charge in [0.1, 0.15) is 12.4 Å². The second-order valence-corrected chi connectivity index (χ2v) is 3.32. The van der Waals surface area contributed by atoms with Crippen molar-refractivity contribution in [2.75, 3.05) is 0 Å². The topological polar surface area (TPSA) is 19.9 Å². The van der Waals surface area contributed by atoms with Crippen molar-refractivity contribution in [1.82, 2.24) is 0 Å². The van der Waals surface area contributed by atoms with Gasteiger partial charge < -0.3 is 0 Å². The Morgan fingerprint density at radius 3 is 2.33 bits per heavy atom. The molecule has 0 amide bonds. The van der Waals surface area contributed by atoms with Crippen LogP contribution in [0.4, 0.5) is 4.39 Å². The number of benzene rings is 2. The number of rotatable bonds is 2. The Morgan fingerprint density at radius 1 is 1.00 bits per heavy atom. The maximum atomic E-state index is 13.6. The molecule has 0 aromatic heterocycles. The van der Waals surface area contributed by atoms with Crippen molar-refractivity contribution in [3.05, 3.63) is 59.9 Å². The van der Waals surface area contributed by atoms with E-state index in [0.717, 1.165) is 5.56 Å². The predicted molar refractivity (Wildman–Crippen MR) is 56.2 cm³/mol. The number of hydrogen-bond acceptors (Lipinski definition) is 0. The molecule has 0 aliphatic rings. The number of halogens is 1. The lowest BCUT2D eigenvalue weighted by Crippen LogP contribution is -1.88. The molecule has 0 saturated carbocycles. The van der Waals surface area contributed by atoms with E-state index in [1.807, 2.05) is 30.3 Å². The Bertz CT molecular complexity index is 451. The van der Waals surface area contributed by atoms with Crippen molar-refractivity contribution in [3.8, 4) is 11.1 Å². The zero-order chi connectivity index (χ0) is 10.7.